The van der Waals surface area contributed by atoms with E-state index in [4.69, 9.17) is 20.8 Å². The fourth-order valence-electron chi connectivity index (χ4n) is 2.27. The third kappa shape index (κ3) is 2.98. The average molecular weight is 338 g/mol. The lowest BCUT2D eigenvalue weighted by molar-refractivity contribution is -0.147. The van der Waals surface area contributed by atoms with Crippen LogP contribution in [0, 0.1) is 0 Å². The summed E-state index contributed by atoms with van der Waals surface area (Å²) in [5.41, 5.74) is 0.619. The van der Waals surface area contributed by atoms with Crippen LogP contribution in [0.3, 0.4) is 0 Å². The molecule has 0 radical (unpaired) electrons. The van der Waals surface area contributed by atoms with Crippen LogP contribution in [0.15, 0.2) is 47.1 Å². The van der Waals surface area contributed by atoms with Gasteiger partial charge in [-0.3, -0.25) is 0 Å². The molecule has 22 heavy (non-hydrogen) atoms. The van der Waals surface area contributed by atoms with Gasteiger partial charge in [0.2, 0.25) is 5.79 Å². The number of rotatable bonds is 6. The third-order valence-electron chi connectivity index (χ3n) is 3.39. The van der Waals surface area contributed by atoms with Crippen molar-refractivity contribution in [3.8, 4) is 5.75 Å². The largest absolute Gasteiger partial charge is 0.460 e. The Bertz CT molecular complexity index is 769. The standard InChI is InChI=1S/C16H16ClNO3S/c1-18-9-8-16(19,13-5-6-14(17)22-13)21-12-4-2-3-11-7-10-20-15(11)12/h2-7,10,18-19H,8-9H2,1H3. The lowest BCUT2D eigenvalue weighted by Gasteiger charge is -2.28. The molecule has 0 fully saturated rings. The summed E-state index contributed by atoms with van der Waals surface area (Å²) in [6, 6.07) is 11.0. The topological polar surface area (TPSA) is 54.6 Å². The van der Waals surface area contributed by atoms with Gasteiger partial charge in [-0.2, -0.15) is 0 Å². The van der Waals surface area contributed by atoms with Crippen LogP contribution in [-0.2, 0) is 5.79 Å². The van der Waals surface area contributed by atoms with Gasteiger partial charge in [0.25, 0.3) is 0 Å². The van der Waals surface area contributed by atoms with Crippen LogP contribution in [0.25, 0.3) is 11.0 Å². The fraction of sp³-hybridized carbons (Fsp3) is 0.250. The minimum atomic E-state index is -1.46. The van der Waals surface area contributed by atoms with Gasteiger partial charge in [-0.15, -0.1) is 11.3 Å². The summed E-state index contributed by atoms with van der Waals surface area (Å²) in [7, 11) is 1.83. The van der Waals surface area contributed by atoms with E-state index in [0.717, 1.165) is 5.39 Å². The lowest BCUT2D eigenvalue weighted by atomic mass is 10.1. The molecule has 0 bridgehead atoms. The molecule has 1 atom stereocenters. The van der Waals surface area contributed by atoms with Crippen molar-refractivity contribution in [2.75, 3.05) is 13.6 Å². The molecular formula is C16H16ClNO3S. The van der Waals surface area contributed by atoms with E-state index in [1.165, 1.54) is 11.3 Å². The Hall–Kier alpha value is -1.53. The summed E-state index contributed by atoms with van der Waals surface area (Å²) < 4.78 is 12.0. The number of furan rings is 1. The maximum atomic E-state index is 11.0. The highest BCUT2D eigenvalue weighted by molar-refractivity contribution is 7.16. The van der Waals surface area contributed by atoms with E-state index in [0.29, 0.717) is 33.5 Å². The van der Waals surface area contributed by atoms with Crippen LogP contribution in [0.1, 0.15) is 11.3 Å². The van der Waals surface area contributed by atoms with Gasteiger partial charge >= 0.3 is 0 Å². The van der Waals surface area contributed by atoms with Gasteiger partial charge in [-0.1, -0.05) is 23.7 Å². The van der Waals surface area contributed by atoms with Crippen LogP contribution in [0.4, 0.5) is 0 Å². The highest BCUT2D eigenvalue weighted by atomic mass is 35.5. The molecular weight excluding hydrogens is 322 g/mol. The fourth-order valence-corrected chi connectivity index (χ4v) is 3.37. The second-order valence-electron chi connectivity index (χ2n) is 4.94. The minimum Gasteiger partial charge on any atom is -0.460 e. The first-order valence-electron chi connectivity index (χ1n) is 6.90. The number of aliphatic hydroxyl groups is 1. The smallest absolute Gasteiger partial charge is 0.245 e. The second kappa shape index (κ2) is 6.30. The summed E-state index contributed by atoms with van der Waals surface area (Å²) in [6.07, 6.45) is 1.99. The van der Waals surface area contributed by atoms with Crippen molar-refractivity contribution in [1.29, 1.82) is 0 Å². The summed E-state index contributed by atoms with van der Waals surface area (Å²) in [6.45, 7) is 0.597. The van der Waals surface area contributed by atoms with Crippen LogP contribution in [0.2, 0.25) is 4.34 Å². The van der Waals surface area contributed by atoms with E-state index in [-0.39, 0.29) is 0 Å². The number of nitrogens with one attached hydrogen (secondary N) is 1. The molecule has 0 saturated carbocycles. The minimum absolute atomic E-state index is 0.386. The normalized spacial score (nSPS) is 14.1. The monoisotopic (exact) mass is 337 g/mol. The zero-order chi connectivity index (χ0) is 15.6. The number of hydrogen-bond acceptors (Lipinski definition) is 5. The molecule has 1 aromatic carbocycles. The summed E-state index contributed by atoms with van der Waals surface area (Å²) in [4.78, 5) is 0.663. The Morgan fingerprint density at radius 3 is 2.91 bits per heavy atom. The van der Waals surface area contributed by atoms with E-state index in [1.807, 2.05) is 25.2 Å². The van der Waals surface area contributed by atoms with Crippen molar-refractivity contribution in [3.05, 3.63) is 51.9 Å². The highest BCUT2D eigenvalue weighted by Gasteiger charge is 2.34. The molecule has 4 nitrogen and oxygen atoms in total. The zero-order valence-corrected chi connectivity index (χ0v) is 13.6. The molecule has 0 aliphatic heterocycles. The van der Waals surface area contributed by atoms with Gasteiger partial charge in [0, 0.05) is 18.4 Å². The highest BCUT2D eigenvalue weighted by Crippen LogP contribution is 2.37. The summed E-state index contributed by atoms with van der Waals surface area (Å²) >= 11 is 7.30. The van der Waals surface area contributed by atoms with Crippen LogP contribution >= 0.6 is 22.9 Å². The first-order chi connectivity index (χ1) is 10.6. The molecule has 2 heterocycles. The molecule has 2 N–H and O–H groups in total. The Kier molecular flexibility index (Phi) is 4.40. The van der Waals surface area contributed by atoms with Gasteiger partial charge in [0.05, 0.1) is 15.5 Å². The van der Waals surface area contributed by atoms with E-state index in [9.17, 15) is 5.11 Å². The van der Waals surface area contributed by atoms with Crippen molar-refractivity contribution < 1.29 is 14.3 Å². The van der Waals surface area contributed by atoms with Crippen molar-refractivity contribution in [1.82, 2.24) is 5.32 Å². The van der Waals surface area contributed by atoms with Crippen molar-refractivity contribution in [2.24, 2.45) is 0 Å². The van der Waals surface area contributed by atoms with Crippen molar-refractivity contribution >= 4 is 33.9 Å². The second-order valence-corrected chi connectivity index (χ2v) is 6.65. The van der Waals surface area contributed by atoms with Gasteiger partial charge < -0.3 is 19.6 Å². The lowest BCUT2D eigenvalue weighted by Crippen LogP contribution is -2.35. The molecule has 2 aromatic heterocycles. The molecule has 3 aromatic rings. The number of benzene rings is 1. The zero-order valence-electron chi connectivity index (χ0n) is 12.0. The number of para-hydroxylation sites is 1. The van der Waals surface area contributed by atoms with E-state index < -0.39 is 5.79 Å². The SMILES string of the molecule is CNCCC(O)(Oc1cccc2ccoc12)c1ccc(Cl)s1. The van der Waals surface area contributed by atoms with E-state index >= 15 is 0 Å². The van der Waals surface area contributed by atoms with E-state index in [2.05, 4.69) is 5.32 Å². The maximum Gasteiger partial charge on any atom is 0.245 e. The first kappa shape index (κ1) is 15.4. The summed E-state index contributed by atoms with van der Waals surface area (Å²) in [5.74, 6) is -0.951. The molecule has 116 valence electrons. The molecule has 6 heteroatoms. The molecule has 0 aliphatic rings. The Morgan fingerprint density at radius 1 is 1.32 bits per heavy atom. The number of hydrogen-bond donors (Lipinski definition) is 2. The first-order valence-corrected chi connectivity index (χ1v) is 8.10. The maximum absolute atomic E-state index is 11.0. The predicted molar refractivity (Wildman–Crippen MR) is 88.6 cm³/mol. The average Bonchev–Trinajstić information content (AvgIpc) is 3.14. The molecule has 0 saturated heterocycles. The Labute approximate surface area is 137 Å². The predicted octanol–water partition coefficient (Wildman–Crippen LogP) is 3.98. The van der Waals surface area contributed by atoms with Gasteiger partial charge in [0.1, 0.15) is 0 Å². The quantitative estimate of drug-likeness (QED) is 0.668. The van der Waals surface area contributed by atoms with E-state index in [1.54, 1.807) is 24.5 Å². The number of fused-ring (bicyclic) bond motifs is 1. The molecule has 1 unspecified atom stereocenters. The third-order valence-corrected chi connectivity index (χ3v) is 4.76. The summed E-state index contributed by atoms with van der Waals surface area (Å²) in [5, 5.41) is 15.0. The van der Waals surface area contributed by atoms with Crippen LogP contribution in [-0.4, -0.2) is 18.7 Å². The van der Waals surface area contributed by atoms with Crippen LogP contribution in [0.5, 0.6) is 5.75 Å². The molecule has 3 rings (SSSR count). The number of halogens is 1. The van der Waals surface area contributed by atoms with Crippen molar-refractivity contribution in [2.45, 2.75) is 12.2 Å². The van der Waals surface area contributed by atoms with Crippen molar-refractivity contribution in [3.63, 3.8) is 0 Å². The van der Waals surface area contributed by atoms with Gasteiger partial charge in [0.15, 0.2) is 11.3 Å². The molecule has 0 spiro atoms. The molecule has 0 aliphatic carbocycles. The van der Waals surface area contributed by atoms with Crippen LogP contribution < -0.4 is 10.1 Å². The Balaban J connectivity index is 1.97. The number of ether oxygens (including phenoxy) is 1. The molecule has 0 amide bonds. The van der Waals surface area contributed by atoms with Gasteiger partial charge in [-0.05, 0) is 31.3 Å². The Morgan fingerprint density at radius 2 is 2.18 bits per heavy atom. The number of thiophene rings is 1. The van der Waals surface area contributed by atoms with Gasteiger partial charge in [-0.25, -0.2) is 0 Å².